The van der Waals surface area contributed by atoms with Crippen LogP contribution in [0.1, 0.15) is 23.6 Å². The van der Waals surface area contributed by atoms with Crippen LogP contribution < -0.4 is 5.32 Å². The van der Waals surface area contributed by atoms with Crippen molar-refractivity contribution in [2.75, 3.05) is 40.3 Å². The summed E-state index contributed by atoms with van der Waals surface area (Å²) in [6.07, 6.45) is -0.747. The molecule has 2 aromatic carbocycles. The lowest BCUT2D eigenvalue weighted by Crippen LogP contribution is -2.36. The molecule has 0 aromatic heterocycles. The average Bonchev–Trinajstić information content (AvgIpc) is 3.28. The molecule has 9 nitrogen and oxygen atoms in total. The molecule has 0 fully saturated rings. The lowest BCUT2D eigenvalue weighted by Gasteiger charge is -2.19. The number of nitrogens with one attached hydrogen (secondary N) is 1. The average molecular weight is 484 g/mol. The van der Waals surface area contributed by atoms with Crippen LogP contribution in [0.5, 0.6) is 0 Å². The van der Waals surface area contributed by atoms with Crippen LogP contribution in [-0.2, 0) is 26.1 Å². The molecular formula is C24H29N5O4S. The first-order chi connectivity index (χ1) is 16.2. The first kappa shape index (κ1) is 25.4. The summed E-state index contributed by atoms with van der Waals surface area (Å²) in [6, 6.07) is 15.8. The van der Waals surface area contributed by atoms with Crippen LogP contribution in [0.2, 0.25) is 0 Å². The number of ether oxygens (including phenoxy) is 1. The Morgan fingerprint density at radius 1 is 1.26 bits per heavy atom. The van der Waals surface area contributed by atoms with Crippen molar-refractivity contribution in [3.63, 3.8) is 0 Å². The predicted molar refractivity (Wildman–Crippen MR) is 129 cm³/mol. The standard InChI is InChI=1S/C24H29N5O4S/c1-18(33-15-14-29(3)34(31,32)22-7-5-4-6-21(22)16-25)24(30)27-17-19-8-10-20(11-9-19)23-26-12-13-28(23)2/h4-11,18H,12-15,17H2,1-3H3,(H,27,30). The molecular weight excluding hydrogens is 454 g/mol. The number of aliphatic imine (C=N–C) groups is 1. The Kier molecular flexibility index (Phi) is 8.39. The summed E-state index contributed by atoms with van der Waals surface area (Å²) in [6.45, 7) is 3.76. The number of carbonyl (C=O) groups excluding carboxylic acids is 1. The van der Waals surface area contributed by atoms with E-state index >= 15 is 0 Å². The van der Waals surface area contributed by atoms with Crippen molar-refractivity contribution in [2.45, 2.75) is 24.5 Å². The second-order valence-corrected chi connectivity index (χ2v) is 10.0. The summed E-state index contributed by atoms with van der Waals surface area (Å²) in [5.74, 6) is 0.685. The molecule has 10 heteroatoms. The zero-order valence-corrected chi connectivity index (χ0v) is 20.4. The minimum atomic E-state index is -3.84. The van der Waals surface area contributed by atoms with Crippen LogP contribution in [0.4, 0.5) is 0 Å². The number of amidine groups is 1. The Morgan fingerprint density at radius 2 is 1.97 bits per heavy atom. The molecule has 1 N–H and O–H groups in total. The van der Waals surface area contributed by atoms with E-state index in [1.54, 1.807) is 19.1 Å². The third-order valence-electron chi connectivity index (χ3n) is 5.58. The van der Waals surface area contributed by atoms with E-state index in [1.807, 2.05) is 37.4 Å². The van der Waals surface area contributed by atoms with E-state index in [-0.39, 0.29) is 29.5 Å². The molecule has 1 atom stereocenters. The van der Waals surface area contributed by atoms with Gasteiger partial charge >= 0.3 is 0 Å². The number of likely N-dealkylation sites (N-methyl/N-ethyl adjacent to an activating group) is 2. The van der Waals surface area contributed by atoms with E-state index < -0.39 is 16.1 Å². The summed E-state index contributed by atoms with van der Waals surface area (Å²) in [4.78, 5) is 18.9. The van der Waals surface area contributed by atoms with Crippen molar-refractivity contribution >= 4 is 21.8 Å². The van der Waals surface area contributed by atoms with Gasteiger partial charge in [-0.25, -0.2) is 8.42 Å². The van der Waals surface area contributed by atoms with E-state index in [0.29, 0.717) is 6.54 Å². The Bertz CT molecular complexity index is 1190. The topological polar surface area (TPSA) is 115 Å². The van der Waals surface area contributed by atoms with Gasteiger partial charge in [0.1, 0.15) is 18.0 Å². The number of carbonyl (C=O) groups is 1. The highest BCUT2D eigenvalue weighted by Crippen LogP contribution is 2.18. The molecule has 0 spiro atoms. The molecule has 1 unspecified atom stereocenters. The zero-order chi connectivity index (χ0) is 24.7. The number of rotatable bonds is 10. The van der Waals surface area contributed by atoms with Crippen LogP contribution >= 0.6 is 0 Å². The Balaban J connectivity index is 1.45. The first-order valence-electron chi connectivity index (χ1n) is 10.9. The lowest BCUT2D eigenvalue weighted by atomic mass is 10.1. The lowest BCUT2D eigenvalue weighted by molar-refractivity contribution is -0.131. The Hall–Kier alpha value is -3.26. The van der Waals surface area contributed by atoms with Crippen LogP contribution in [0.25, 0.3) is 0 Å². The van der Waals surface area contributed by atoms with Crippen LogP contribution in [0, 0.1) is 11.3 Å². The number of nitrogens with zero attached hydrogens (tertiary/aromatic N) is 4. The number of amides is 1. The number of benzene rings is 2. The van der Waals surface area contributed by atoms with Crippen molar-refractivity contribution < 1.29 is 17.9 Å². The molecule has 0 saturated carbocycles. The number of hydrogen-bond acceptors (Lipinski definition) is 7. The number of hydrogen-bond donors (Lipinski definition) is 1. The van der Waals surface area contributed by atoms with Crippen molar-refractivity contribution in [3.8, 4) is 6.07 Å². The first-order valence-corrected chi connectivity index (χ1v) is 12.4. The van der Waals surface area contributed by atoms with Gasteiger partial charge in [-0.1, -0.05) is 36.4 Å². The molecule has 1 aliphatic rings. The highest BCUT2D eigenvalue weighted by atomic mass is 32.2. The second kappa shape index (κ2) is 11.2. The van der Waals surface area contributed by atoms with Crippen LogP contribution in [0.15, 0.2) is 58.4 Å². The van der Waals surface area contributed by atoms with E-state index in [1.165, 1.54) is 19.2 Å². The normalized spacial score (nSPS) is 14.6. The largest absolute Gasteiger partial charge is 0.367 e. The minimum Gasteiger partial charge on any atom is -0.367 e. The third kappa shape index (κ3) is 5.99. The fraction of sp³-hybridized carbons (Fsp3) is 0.375. The molecule has 34 heavy (non-hydrogen) atoms. The summed E-state index contributed by atoms with van der Waals surface area (Å²) in [5, 5.41) is 12.0. The maximum Gasteiger partial charge on any atom is 0.249 e. The SMILES string of the molecule is CC(OCCN(C)S(=O)(=O)c1ccccc1C#N)C(=O)NCc1ccc(C2=NCCN2C)cc1. The molecule has 180 valence electrons. The molecule has 0 aliphatic carbocycles. The monoisotopic (exact) mass is 483 g/mol. The van der Waals surface area contributed by atoms with E-state index in [0.717, 1.165) is 34.4 Å². The molecule has 1 amide bonds. The fourth-order valence-electron chi connectivity index (χ4n) is 3.45. The van der Waals surface area contributed by atoms with Gasteiger partial charge in [0.05, 0.1) is 23.6 Å². The zero-order valence-electron chi connectivity index (χ0n) is 19.6. The Labute approximate surface area is 200 Å². The number of nitriles is 1. The molecule has 3 rings (SSSR count). The highest BCUT2D eigenvalue weighted by molar-refractivity contribution is 7.89. The van der Waals surface area contributed by atoms with Gasteiger partial charge in [0.15, 0.2) is 0 Å². The molecule has 0 radical (unpaired) electrons. The summed E-state index contributed by atoms with van der Waals surface area (Å²) in [7, 11) is -0.414. The smallest absolute Gasteiger partial charge is 0.249 e. The quantitative estimate of drug-likeness (QED) is 0.549. The van der Waals surface area contributed by atoms with Crippen molar-refractivity contribution in [1.82, 2.24) is 14.5 Å². The van der Waals surface area contributed by atoms with Crippen molar-refractivity contribution in [3.05, 3.63) is 65.2 Å². The van der Waals surface area contributed by atoms with Gasteiger partial charge < -0.3 is 15.0 Å². The van der Waals surface area contributed by atoms with Gasteiger partial charge in [0, 0.05) is 39.3 Å². The van der Waals surface area contributed by atoms with Crippen LogP contribution in [-0.4, -0.2) is 75.8 Å². The molecule has 1 aliphatic heterocycles. The van der Waals surface area contributed by atoms with Gasteiger partial charge in [-0.05, 0) is 24.6 Å². The van der Waals surface area contributed by atoms with E-state index in [9.17, 15) is 18.5 Å². The van der Waals surface area contributed by atoms with Gasteiger partial charge in [-0.2, -0.15) is 9.57 Å². The molecule has 0 bridgehead atoms. The predicted octanol–water partition coefficient (Wildman–Crippen LogP) is 1.59. The Morgan fingerprint density at radius 3 is 2.62 bits per heavy atom. The van der Waals surface area contributed by atoms with Gasteiger partial charge in [0.2, 0.25) is 15.9 Å². The molecule has 2 aromatic rings. The molecule has 1 heterocycles. The maximum atomic E-state index is 12.7. The maximum absolute atomic E-state index is 12.7. The fourth-order valence-corrected chi connectivity index (χ4v) is 4.75. The molecule has 0 saturated heterocycles. The van der Waals surface area contributed by atoms with Crippen LogP contribution in [0.3, 0.4) is 0 Å². The van der Waals surface area contributed by atoms with Crippen molar-refractivity contribution in [2.24, 2.45) is 4.99 Å². The minimum absolute atomic E-state index is 0.0311. The second-order valence-electron chi connectivity index (χ2n) is 7.99. The summed E-state index contributed by atoms with van der Waals surface area (Å²) < 4.78 is 32.1. The van der Waals surface area contributed by atoms with Gasteiger partial charge in [-0.15, -0.1) is 0 Å². The summed E-state index contributed by atoms with van der Waals surface area (Å²) in [5.41, 5.74) is 2.08. The van der Waals surface area contributed by atoms with Gasteiger partial charge in [-0.3, -0.25) is 9.79 Å². The summed E-state index contributed by atoms with van der Waals surface area (Å²) >= 11 is 0. The number of sulfonamides is 1. The van der Waals surface area contributed by atoms with Crippen molar-refractivity contribution in [1.29, 1.82) is 5.26 Å². The van der Waals surface area contributed by atoms with E-state index in [4.69, 9.17) is 4.74 Å². The third-order valence-corrected chi connectivity index (χ3v) is 7.49. The van der Waals surface area contributed by atoms with E-state index in [2.05, 4.69) is 15.2 Å². The highest BCUT2D eigenvalue weighted by Gasteiger charge is 2.24. The van der Waals surface area contributed by atoms with Gasteiger partial charge in [0.25, 0.3) is 0 Å².